The number of hydrogen-bond donors (Lipinski definition) is 1. The van der Waals surface area contributed by atoms with Gasteiger partial charge in [0, 0.05) is 16.3 Å². The highest BCUT2D eigenvalue weighted by Crippen LogP contribution is 2.41. The molecule has 0 unspecified atom stereocenters. The maximum atomic E-state index is 12.5. The molecule has 1 N–H and O–H groups in total. The number of aromatic hydroxyl groups is 1. The van der Waals surface area contributed by atoms with Crippen LogP contribution in [0.15, 0.2) is 24.3 Å². The number of fused-ring (bicyclic) bond motifs is 1. The maximum Gasteiger partial charge on any atom is 0.534 e. The number of rotatable bonds is 2. The van der Waals surface area contributed by atoms with E-state index in [9.17, 15) is 26.7 Å². The number of hydrogen-bond acceptors (Lipinski definition) is 4. The second kappa shape index (κ2) is 4.80. The van der Waals surface area contributed by atoms with Crippen molar-refractivity contribution in [3.8, 4) is 11.5 Å². The molecule has 0 aromatic heterocycles. The molecule has 0 aliphatic heterocycles. The van der Waals surface area contributed by atoms with Gasteiger partial charge in [-0.15, -0.1) is 0 Å². The van der Waals surface area contributed by atoms with Gasteiger partial charge in [-0.25, -0.2) is 0 Å². The van der Waals surface area contributed by atoms with Gasteiger partial charge in [-0.1, -0.05) is 24.3 Å². The van der Waals surface area contributed by atoms with Crippen molar-refractivity contribution in [1.82, 2.24) is 0 Å². The molecule has 8 heteroatoms. The Hall–Kier alpha value is -1.96. The third kappa shape index (κ3) is 2.51. The van der Waals surface area contributed by atoms with Gasteiger partial charge in [0.2, 0.25) is 0 Å². The van der Waals surface area contributed by atoms with E-state index in [1.807, 2.05) is 0 Å². The molecule has 2 aromatic rings. The Bertz CT molecular complexity index is 810. The molecule has 21 heavy (non-hydrogen) atoms. The summed E-state index contributed by atoms with van der Waals surface area (Å²) in [5, 5.41) is 10.3. The fourth-order valence-electron chi connectivity index (χ4n) is 1.90. The van der Waals surface area contributed by atoms with Gasteiger partial charge < -0.3 is 9.29 Å². The zero-order valence-corrected chi connectivity index (χ0v) is 11.8. The first-order valence-corrected chi connectivity index (χ1v) is 7.18. The molecule has 2 aromatic carbocycles. The summed E-state index contributed by atoms with van der Waals surface area (Å²) >= 11 is 0. The van der Waals surface area contributed by atoms with Gasteiger partial charge in [0.05, 0.1) is 0 Å². The normalized spacial score (nSPS) is 12.6. The van der Waals surface area contributed by atoms with Crippen molar-refractivity contribution in [3.63, 3.8) is 0 Å². The van der Waals surface area contributed by atoms with Gasteiger partial charge in [-0.05, 0) is 19.4 Å². The smallest absolute Gasteiger partial charge is 0.507 e. The standard InChI is InChI=1S/C13H11F3O4S/c1-7-8(2)12(20-21(18,19)13(14,15)16)10-6-4-3-5-9(10)11(7)17/h3-6,17H,1-2H3. The molecular weight excluding hydrogens is 309 g/mol. The van der Waals surface area contributed by atoms with Gasteiger partial charge in [-0.2, -0.15) is 21.6 Å². The molecule has 0 spiro atoms. The maximum absolute atomic E-state index is 12.5. The van der Waals surface area contributed by atoms with Gasteiger partial charge in [0.1, 0.15) is 5.75 Å². The summed E-state index contributed by atoms with van der Waals surface area (Å²) in [6.07, 6.45) is 0. The predicted molar refractivity (Wildman–Crippen MR) is 70.7 cm³/mol. The SMILES string of the molecule is Cc1c(C)c(OS(=O)(=O)C(F)(F)F)c2ccccc2c1O. The Kier molecular flexibility index (Phi) is 3.53. The van der Waals surface area contributed by atoms with Crippen molar-refractivity contribution in [2.24, 2.45) is 0 Å². The van der Waals surface area contributed by atoms with E-state index in [-0.39, 0.29) is 27.6 Å². The van der Waals surface area contributed by atoms with Crippen LogP contribution < -0.4 is 4.18 Å². The van der Waals surface area contributed by atoms with Gasteiger partial charge in [0.25, 0.3) is 0 Å². The highest BCUT2D eigenvalue weighted by molar-refractivity contribution is 7.88. The van der Waals surface area contributed by atoms with E-state index < -0.39 is 21.4 Å². The molecule has 2 rings (SSSR count). The van der Waals surface area contributed by atoms with Crippen molar-refractivity contribution in [2.45, 2.75) is 19.4 Å². The Morgan fingerprint density at radius 2 is 1.57 bits per heavy atom. The number of phenolic OH excluding ortho intramolecular Hbond substituents is 1. The lowest BCUT2D eigenvalue weighted by Gasteiger charge is -2.16. The lowest BCUT2D eigenvalue weighted by molar-refractivity contribution is -0.0499. The first-order chi connectivity index (χ1) is 9.56. The van der Waals surface area contributed by atoms with Crippen molar-refractivity contribution in [3.05, 3.63) is 35.4 Å². The molecule has 0 saturated heterocycles. The molecule has 0 saturated carbocycles. The summed E-state index contributed by atoms with van der Waals surface area (Å²) < 4.78 is 64.1. The minimum Gasteiger partial charge on any atom is -0.507 e. The highest BCUT2D eigenvalue weighted by atomic mass is 32.2. The van der Waals surface area contributed by atoms with E-state index in [4.69, 9.17) is 0 Å². The second-order valence-electron chi connectivity index (χ2n) is 4.46. The Balaban J connectivity index is 2.76. The van der Waals surface area contributed by atoms with Crippen molar-refractivity contribution >= 4 is 20.9 Å². The molecule has 0 radical (unpaired) electrons. The van der Waals surface area contributed by atoms with Crippen molar-refractivity contribution in [2.75, 3.05) is 0 Å². The summed E-state index contributed by atoms with van der Waals surface area (Å²) in [4.78, 5) is 0. The lowest BCUT2D eigenvalue weighted by atomic mass is 10.00. The van der Waals surface area contributed by atoms with E-state index in [0.717, 1.165) is 0 Å². The third-order valence-corrected chi connectivity index (χ3v) is 4.11. The minimum absolute atomic E-state index is 0.0888. The number of phenols is 1. The van der Waals surface area contributed by atoms with Crippen LogP contribution in [0.2, 0.25) is 0 Å². The van der Waals surface area contributed by atoms with Gasteiger partial charge >= 0.3 is 15.6 Å². The van der Waals surface area contributed by atoms with E-state index in [1.54, 1.807) is 6.07 Å². The van der Waals surface area contributed by atoms with Crippen LogP contribution in [0.4, 0.5) is 13.2 Å². The molecule has 0 aliphatic rings. The molecule has 0 atom stereocenters. The van der Waals surface area contributed by atoms with Crippen molar-refractivity contribution in [1.29, 1.82) is 0 Å². The molecule has 0 bridgehead atoms. The zero-order valence-electron chi connectivity index (χ0n) is 11.0. The quantitative estimate of drug-likeness (QED) is 0.680. The first kappa shape index (κ1) is 15.4. The molecule has 4 nitrogen and oxygen atoms in total. The topological polar surface area (TPSA) is 63.6 Å². The summed E-state index contributed by atoms with van der Waals surface area (Å²) in [6, 6.07) is 5.91. The highest BCUT2D eigenvalue weighted by Gasteiger charge is 2.49. The first-order valence-electron chi connectivity index (χ1n) is 5.78. The average molecular weight is 320 g/mol. The van der Waals surface area contributed by atoms with E-state index >= 15 is 0 Å². The van der Waals surface area contributed by atoms with Crippen LogP contribution in [0.3, 0.4) is 0 Å². The summed E-state index contributed by atoms with van der Waals surface area (Å²) in [5.41, 5.74) is -5.15. The lowest BCUT2D eigenvalue weighted by Crippen LogP contribution is -2.28. The summed E-state index contributed by atoms with van der Waals surface area (Å²) in [7, 11) is -5.78. The predicted octanol–water partition coefficient (Wildman–Crippen LogP) is 3.39. The van der Waals surface area contributed by atoms with E-state index in [0.29, 0.717) is 0 Å². The van der Waals surface area contributed by atoms with Crippen LogP contribution in [0, 0.1) is 13.8 Å². The monoisotopic (exact) mass is 320 g/mol. The van der Waals surface area contributed by atoms with Crippen LogP contribution in [0.1, 0.15) is 11.1 Å². The third-order valence-electron chi connectivity index (χ3n) is 3.16. The minimum atomic E-state index is -5.78. The van der Waals surface area contributed by atoms with Crippen LogP contribution in [0.5, 0.6) is 11.5 Å². The van der Waals surface area contributed by atoms with Crippen LogP contribution in [-0.4, -0.2) is 19.0 Å². The Morgan fingerprint density at radius 1 is 1.05 bits per heavy atom. The molecule has 0 aliphatic carbocycles. The number of benzene rings is 2. The molecule has 0 amide bonds. The largest absolute Gasteiger partial charge is 0.534 e. The molecular formula is C13H11F3O4S. The zero-order chi connectivity index (χ0) is 16.0. The molecule has 0 heterocycles. The molecule has 0 fully saturated rings. The Morgan fingerprint density at radius 3 is 2.10 bits per heavy atom. The van der Waals surface area contributed by atoms with Crippen LogP contribution >= 0.6 is 0 Å². The van der Waals surface area contributed by atoms with Crippen LogP contribution in [0.25, 0.3) is 10.8 Å². The summed E-state index contributed by atoms with van der Waals surface area (Å²) in [6.45, 7) is 2.84. The summed E-state index contributed by atoms with van der Waals surface area (Å²) in [5.74, 6) is -0.557. The van der Waals surface area contributed by atoms with Crippen LogP contribution in [-0.2, 0) is 10.1 Å². The Labute approximate surface area is 118 Å². The second-order valence-corrected chi connectivity index (χ2v) is 5.99. The molecule has 114 valence electrons. The van der Waals surface area contributed by atoms with E-state index in [2.05, 4.69) is 4.18 Å². The average Bonchev–Trinajstić information content (AvgIpc) is 2.40. The van der Waals surface area contributed by atoms with Gasteiger partial charge in [0.15, 0.2) is 5.75 Å². The number of halogens is 3. The van der Waals surface area contributed by atoms with Crippen molar-refractivity contribution < 1.29 is 30.9 Å². The van der Waals surface area contributed by atoms with Gasteiger partial charge in [-0.3, -0.25) is 0 Å². The number of alkyl halides is 3. The fraction of sp³-hybridized carbons (Fsp3) is 0.231. The van der Waals surface area contributed by atoms with E-state index in [1.165, 1.54) is 32.0 Å². The fourth-order valence-corrected chi connectivity index (χ4v) is 2.43.